The number of halogens is 1. The zero-order valence-corrected chi connectivity index (χ0v) is 15.5. The van der Waals surface area contributed by atoms with E-state index in [2.05, 4.69) is 0 Å². The first-order valence-corrected chi connectivity index (χ1v) is 9.65. The van der Waals surface area contributed by atoms with Crippen molar-refractivity contribution in [3.05, 3.63) is 29.6 Å². The fourth-order valence-electron chi connectivity index (χ4n) is 4.28. The van der Waals surface area contributed by atoms with Gasteiger partial charge in [-0.3, -0.25) is 9.59 Å². The summed E-state index contributed by atoms with van der Waals surface area (Å²) in [6.45, 7) is 3.76. The number of ether oxygens (including phenoxy) is 2. The molecule has 4 rings (SSSR count). The Morgan fingerprint density at radius 3 is 2.74 bits per heavy atom. The number of hydrogen-bond donors (Lipinski definition) is 0. The van der Waals surface area contributed by atoms with E-state index in [0.29, 0.717) is 19.8 Å². The minimum atomic E-state index is -0.458. The molecule has 0 aliphatic carbocycles. The van der Waals surface area contributed by atoms with Gasteiger partial charge in [0.25, 0.3) is 0 Å². The smallest absolute Gasteiger partial charge is 0.228 e. The highest BCUT2D eigenvalue weighted by Gasteiger charge is 2.42. The molecule has 7 heteroatoms. The number of nitrogens with zero attached hydrogens (tertiary/aromatic N) is 2. The molecule has 0 spiro atoms. The van der Waals surface area contributed by atoms with Gasteiger partial charge >= 0.3 is 0 Å². The number of carbonyl (C=O) groups excluding carboxylic acids is 2. The second-order valence-electron chi connectivity index (χ2n) is 7.56. The fourth-order valence-corrected chi connectivity index (χ4v) is 4.28. The van der Waals surface area contributed by atoms with Crippen molar-refractivity contribution >= 4 is 17.5 Å². The van der Waals surface area contributed by atoms with Crippen molar-refractivity contribution in [3.8, 4) is 0 Å². The Morgan fingerprint density at radius 2 is 2.00 bits per heavy atom. The molecule has 146 valence electrons. The molecule has 3 aliphatic heterocycles. The van der Waals surface area contributed by atoms with Crippen LogP contribution in [0, 0.1) is 18.7 Å². The molecule has 0 bridgehead atoms. The highest BCUT2D eigenvalue weighted by molar-refractivity contribution is 6.00. The monoisotopic (exact) mass is 376 g/mol. The minimum absolute atomic E-state index is 0.0535. The van der Waals surface area contributed by atoms with Crippen molar-refractivity contribution in [3.63, 3.8) is 0 Å². The third-order valence-electron chi connectivity index (χ3n) is 5.66. The van der Waals surface area contributed by atoms with Crippen LogP contribution in [0.4, 0.5) is 10.1 Å². The first-order valence-electron chi connectivity index (χ1n) is 9.65. The van der Waals surface area contributed by atoms with Gasteiger partial charge in [-0.25, -0.2) is 4.39 Å². The fraction of sp³-hybridized carbons (Fsp3) is 0.600. The number of amides is 2. The van der Waals surface area contributed by atoms with Gasteiger partial charge in [-0.15, -0.1) is 0 Å². The lowest BCUT2D eigenvalue weighted by Crippen LogP contribution is -2.52. The number of aryl methyl sites for hydroxylation is 1. The summed E-state index contributed by atoms with van der Waals surface area (Å²) in [6.07, 6.45) is 2.54. The summed E-state index contributed by atoms with van der Waals surface area (Å²) < 4.78 is 25.6. The van der Waals surface area contributed by atoms with E-state index < -0.39 is 11.7 Å². The van der Waals surface area contributed by atoms with Crippen LogP contribution in [0.2, 0.25) is 0 Å². The molecule has 3 saturated heterocycles. The Kier molecular flexibility index (Phi) is 5.14. The number of rotatable bonds is 3. The van der Waals surface area contributed by atoms with Gasteiger partial charge in [0, 0.05) is 19.5 Å². The Morgan fingerprint density at radius 1 is 1.22 bits per heavy atom. The molecule has 1 aromatic rings. The summed E-state index contributed by atoms with van der Waals surface area (Å²) in [6, 6.07) is 4.69. The number of anilines is 1. The molecule has 3 heterocycles. The molecule has 0 saturated carbocycles. The van der Waals surface area contributed by atoms with Crippen LogP contribution < -0.4 is 4.90 Å². The lowest BCUT2D eigenvalue weighted by atomic mass is 9.98. The molecule has 6 nitrogen and oxygen atoms in total. The molecule has 0 radical (unpaired) electrons. The maximum Gasteiger partial charge on any atom is 0.228 e. The molecule has 3 aliphatic rings. The highest BCUT2D eigenvalue weighted by atomic mass is 19.1. The number of likely N-dealkylation sites (tertiary alicyclic amines) is 1. The largest absolute Gasteiger partial charge is 0.348 e. The van der Waals surface area contributed by atoms with E-state index in [-0.39, 0.29) is 42.8 Å². The average Bonchev–Trinajstić information content (AvgIpc) is 3.31. The number of carbonyl (C=O) groups is 2. The van der Waals surface area contributed by atoms with Crippen molar-refractivity contribution in [2.24, 2.45) is 5.92 Å². The predicted molar refractivity (Wildman–Crippen MR) is 96.6 cm³/mol. The predicted octanol–water partition coefficient (Wildman–Crippen LogP) is 2.24. The summed E-state index contributed by atoms with van der Waals surface area (Å²) in [4.78, 5) is 28.9. The zero-order valence-electron chi connectivity index (χ0n) is 15.5. The Bertz CT molecular complexity index is 735. The van der Waals surface area contributed by atoms with Crippen LogP contribution in [0.1, 0.15) is 31.2 Å². The third-order valence-corrected chi connectivity index (χ3v) is 5.66. The van der Waals surface area contributed by atoms with E-state index in [1.54, 1.807) is 19.1 Å². The standard InChI is InChI=1S/C20H25FN2O4/c1-13-5-6-16(15(21)10-13)23-12-14(11-18(23)24)19(25)22-7-3-2-4-17(22)20-26-8-9-27-20/h5-6,10,14,17,20H,2-4,7-9,11-12H2,1H3. The molecule has 0 N–H and O–H groups in total. The summed E-state index contributed by atoms with van der Waals surface area (Å²) >= 11 is 0. The molecule has 2 atom stereocenters. The van der Waals surface area contributed by atoms with Crippen LogP contribution in [0.5, 0.6) is 0 Å². The highest BCUT2D eigenvalue weighted by Crippen LogP contribution is 2.32. The molecule has 3 fully saturated rings. The van der Waals surface area contributed by atoms with Crippen molar-refractivity contribution in [1.29, 1.82) is 0 Å². The van der Waals surface area contributed by atoms with Crippen molar-refractivity contribution in [1.82, 2.24) is 4.90 Å². The van der Waals surface area contributed by atoms with E-state index in [0.717, 1.165) is 24.8 Å². The van der Waals surface area contributed by atoms with E-state index >= 15 is 0 Å². The van der Waals surface area contributed by atoms with Crippen LogP contribution >= 0.6 is 0 Å². The van der Waals surface area contributed by atoms with Crippen molar-refractivity contribution in [2.45, 2.75) is 44.9 Å². The topological polar surface area (TPSA) is 59.1 Å². The van der Waals surface area contributed by atoms with Gasteiger partial charge in [0.05, 0.1) is 30.9 Å². The quantitative estimate of drug-likeness (QED) is 0.812. The average molecular weight is 376 g/mol. The zero-order chi connectivity index (χ0) is 19.0. The van der Waals surface area contributed by atoms with Gasteiger partial charge in [0.15, 0.2) is 6.29 Å². The second kappa shape index (κ2) is 7.56. The first kappa shape index (κ1) is 18.4. The summed E-state index contributed by atoms with van der Waals surface area (Å²) in [5, 5.41) is 0. The van der Waals surface area contributed by atoms with Crippen LogP contribution in [0.15, 0.2) is 18.2 Å². The molecular weight excluding hydrogens is 351 g/mol. The summed E-state index contributed by atoms with van der Waals surface area (Å²) in [5.41, 5.74) is 1.04. The SMILES string of the molecule is Cc1ccc(N2CC(C(=O)N3CCCCC3C3OCCO3)CC2=O)c(F)c1. The molecule has 2 amide bonds. The normalized spacial score (nSPS) is 26.8. The van der Waals surface area contributed by atoms with Gasteiger partial charge in [0.1, 0.15) is 5.82 Å². The molecule has 2 unspecified atom stereocenters. The second-order valence-corrected chi connectivity index (χ2v) is 7.56. The van der Waals surface area contributed by atoms with E-state index in [1.165, 1.54) is 11.0 Å². The Hall–Kier alpha value is -1.99. The van der Waals surface area contributed by atoms with Gasteiger partial charge in [-0.05, 0) is 43.9 Å². The number of piperidine rings is 1. The van der Waals surface area contributed by atoms with Crippen molar-refractivity contribution < 1.29 is 23.5 Å². The molecule has 0 aromatic heterocycles. The molecule has 27 heavy (non-hydrogen) atoms. The maximum atomic E-state index is 14.3. The van der Waals surface area contributed by atoms with Gasteiger partial charge in [0.2, 0.25) is 11.8 Å². The van der Waals surface area contributed by atoms with Crippen molar-refractivity contribution in [2.75, 3.05) is 31.2 Å². The minimum Gasteiger partial charge on any atom is -0.348 e. The molecular formula is C20H25FN2O4. The van der Waals surface area contributed by atoms with Crippen LogP contribution in [-0.2, 0) is 19.1 Å². The van der Waals surface area contributed by atoms with E-state index in [4.69, 9.17) is 9.47 Å². The summed E-state index contributed by atoms with van der Waals surface area (Å²) in [5.74, 6) is -1.15. The Labute approximate surface area is 158 Å². The number of hydrogen-bond acceptors (Lipinski definition) is 4. The Balaban J connectivity index is 1.49. The third kappa shape index (κ3) is 3.58. The van der Waals surface area contributed by atoms with E-state index in [9.17, 15) is 14.0 Å². The maximum absolute atomic E-state index is 14.3. The summed E-state index contributed by atoms with van der Waals surface area (Å²) in [7, 11) is 0. The van der Waals surface area contributed by atoms with Gasteiger partial charge < -0.3 is 19.3 Å². The van der Waals surface area contributed by atoms with Crippen LogP contribution in [0.25, 0.3) is 0 Å². The number of benzene rings is 1. The van der Waals surface area contributed by atoms with E-state index in [1.807, 2.05) is 4.90 Å². The van der Waals surface area contributed by atoms with Crippen LogP contribution in [0.3, 0.4) is 0 Å². The van der Waals surface area contributed by atoms with Gasteiger partial charge in [-0.1, -0.05) is 6.07 Å². The van der Waals surface area contributed by atoms with Crippen LogP contribution in [-0.4, -0.2) is 55.3 Å². The molecule has 1 aromatic carbocycles. The van der Waals surface area contributed by atoms with Gasteiger partial charge in [-0.2, -0.15) is 0 Å². The first-order chi connectivity index (χ1) is 13.0. The lowest BCUT2D eigenvalue weighted by Gasteiger charge is -2.39. The lowest BCUT2D eigenvalue weighted by molar-refractivity contribution is -0.154.